The first-order valence-electron chi connectivity index (χ1n) is 2.31. The second-order valence-electron chi connectivity index (χ2n) is 1.69. The maximum absolute atomic E-state index is 8.16. The van der Waals surface area contributed by atoms with E-state index >= 15 is 0 Å². The second kappa shape index (κ2) is 5.37. The zero-order chi connectivity index (χ0) is 7.33. The molecule has 0 atom stereocenters. The Morgan fingerprint density at radius 3 is 0.900 bits per heavy atom. The van der Waals surface area contributed by atoms with Crippen molar-refractivity contribution in [3.05, 3.63) is 0 Å². The van der Waals surface area contributed by atoms with E-state index in [1.807, 2.05) is 0 Å². The van der Waals surface area contributed by atoms with Crippen LogP contribution in [0.15, 0.2) is 0 Å². The summed E-state index contributed by atoms with van der Waals surface area (Å²) < 4.78 is 6.00. The number of rotatable bonds is 0. The van der Waals surface area contributed by atoms with Crippen LogP contribution in [0, 0.1) is 39.7 Å². The molecule has 0 aliphatic carbocycles. The Kier molecular flexibility index (Phi) is 6.60. The fourth-order valence-electron chi connectivity index (χ4n) is 0.212. The van der Waals surface area contributed by atoms with Gasteiger partial charge in [-0.2, -0.15) is 0 Å². The molecule has 0 aromatic rings. The average molecular weight is 193 g/mol. The van der Waals surface area contributed by atoms with E-state index in [0.717, 1.165) is 0 Å². The normalized spacial score (nSPS) is 5.20. The fourth-order valence-corrected chi connectivity index (χ4v) is 1.10. The summed E-state index contributed by atoms with van der Waals surface area (Å²) in [6.07, 6.45) is 0. The summed E-state index contributed by atoms with van der Waals surface area (Å²) in [5, 5.41) is 32.6. The summed E-state index contributed by atoms with van der Waals surface area (Å²) in [5.41, 5.74) is 0. The minimum absolute atomic E-state index is 0. The standard InChI is InChI=1S/4CN.Na.Zn.H/c4*1-2;;;. The van der Waals surface area contributed by atoms with Gasteiger partial charge in [-0.1, -0.05) is 0 Å². The van der Waals surface area contributed by atoms with Crippen LogP contribution in [-0.4, -0.2) is 29.6 Å². The van der Waals surface area contributed by atoms with Crippen molar-refractivity contribution in [2.24, 2.45) is 0 Å². The third-order valence-corrected chi connectivity index (χ3v) is 4.93. The van der Waals surface area contributed by atoms with E-state index in [-0.39, 0.29) is 29.6 Å². The second-order valence-corrected chi connectivity index (χ2v) is 8.80. The summed E-state index contributed by atoms with van der Waals surface area (Å²) in [6, 6.07) is 0. The van der Waals surface area contributed by atoms with Crippen molar-refractivity contribution in [1.82, 2.24) is 0 Å². The van der Waals surface area contributed by atoms with Gasteiger partial charge in [0.15, 0.2) is 0 Å². The Hall–Kier alpha value is -0.417. The molecule has 0 heterocycles. The van der Waals surface area contributed by atoms with Crippen LogP contribution in [0.25, 0.3) is 0 Å². The number of hydrogen-bond donors (Lipinski definition) is 0. The Morgan fingerprint density at radius 2 is 0.900 bits per heavy atom. The van der Waals surface area contributed by atoms with Crippen LogP contribution in [0.1, 0.15) is 0 Å². The molecule has 0 aromatic heterocycles. The van der Waals surface area contributed by atoms with Crippen LogP contribution in [0.4, 0.5) is 0 Å². The van der Waals surface area contributed by atoms with Crippen LogP contribution >= 0.6 is 0 Å². The average Bonchev–Trinajstić information content (AvgIpc) is 1.95. The van der Waals surface area contributed by atoms with E-state index in [9.17, 15) is 0 Å². The molecule has 40 valence electrons. The molecule has 0 unspecified atom stereocenters. The molecule has 0 aromatic carbocycles. The maximum atomic E-state index is 8.16. The zero-order valence-electron chi connectivity index (χ0n) is 4.50. The Balaban J connectivity index is 0. The van der Waals surface area contributed by atoms with Crippen LogP contribution in [0.2, 0.25) is 0 Å². The summed E-state index contributed by atoms with van der Waals surface area (Å²) >= 11 is -4.25. The van der Waals surface area contributed by atoms with E-state index in [2.05, 4.69) is 0 Å². The van der Waals surface area contributed by atoms with Crippen LogP contribution in [0.5, 0.6) is 0 Å². The number of nitriles is 4. The third kappa shape index (κ3) is 2.45. The van der Waals surface area contributed by atoms with Gasteiger partial charge in [-0.05, 0) is 0 Å². The zero-order valence-corrected chi connectivity index (χ0v) is 7.46. The minimum atomic E-state index is -4.25. The predicted octanol–water partition coefficient (Wildman–Crippen LogP) is -0.584. The van der Waals surface area contributed by atoms with Crippen LogP contribution < -0.4 is 0 Å². The molecular weight excluding hydrogens is 192 g/mol. The van der Waals surface area contributed by atoms with Gasteiger partial charge in [0.2, 0.25) is 0 Å². The van der Waals surface area contributed by atoms with E-state index in [1.165, 1.54) is 18.7 Å². The topological polar surface area (TPSA) is 95.2 Å². The fraction of sp³-hybridized carbons (Fsp3) is 0. The Morgan fingerprint density at radius 1 is 0.700 bits per heavy atom. The molecule has 0 fully saturated rings. The summed E-state index contributed by atoms with van der Waals surface area (Å²) in [5.74, 6) is 0. The summed E-state index contributed by atoms with van der Waals surface area (Å²) in [7, 11) is 0. The van der Waals surface area contributed by atoms with Crippen LogP contribution in [-0.2, 0) is 14.8 Å². The van der Waals surface area contributed by atoms with Gasteiger partial charge < -0.3 is 0 Å². The number of hydrogen-bond acceptors (Lipinski definition) is 4. The van der Waals surface area contributed by atoms with Gasteiger partial charge in [-0.3, -0.25) is 0 Å². The molecule has 0 saturated heterocycles. The van der Waals surface area contributed by atoms with Crippen molar-refractivity contribution < 1.29 is 14.8 Å². The van der Waals surface area contributed by atoms with E-state index in [0.29, 0.717) is 0 Å². The molecule has 4 nitrogen and oxygen atoms in total. The van der Waals surface area contributed by atoms with Crippen molar-refractivity contribution in [1.29, 1.82) is 21.0 Å². The van der Waals surface area contributed by atoms with Crippen LogP contribution in [0.3, 0.4) is 0 Å². The van der Waals surface area contributed by atoms with Crippen molar-refractivity contribution >= 4 is 29.6 Å². The third-order valence-electron chi connectivity index (χ3n) is 0.949. The van der Waals surface area contributed by atoms with Crippen molar-refractivity contribution in [2.75, 3.05) is 0 Å². The van der Waals surface area contributed by atoms with E-state index in [4.69, 9.17) is 21.0 Å². The van der Waals surface area contributed by atoms with Gasteiger partial charge in [0, 0.05) is 0 Å². The molecule has 0 amide bonds. The molecule has 0 saturated carbocycles. The SMILES string of the molecule is N#[C][Zn]([C]#N)([C]#N)[C]#N.[NaH]. The molecule has 6 heteroatoms. The van der Waals surface area contributed by atoms with Gasteiger partial charge >= 0.3 is 84.0 Å². The number of nitrogens with zero attached hydrogens (tertiary/aromatic N) is 4. The monoisotopic (exact) mass is 192 g/mol. The first-order valence-corrected chi connectivity index (χ1v) is 8.24. The Bertz CT molecular complexity index is 210. The molecule has 10 heavy (non-hydrogen) atoms. The van der Waals surface area contributed by atoms with Crippen molar-refractivity contribution in [3.63, 3.8) is 0 Å². The Labute approximate surface area is 83.4 Å². The van der Waals surface area contributed by atoms with Gasteiger partial charge in [0.1, 0.15) is 0 Å². The summed E-state index contributed by atoms with van der Waals surface area (Å²) in [4.78, 5) is 0. The van der Waals surface area contributed by atoms with E-state index < -0.39 is 14.8 Å². The van der Waals surface area contributed by atoms with E-state index in [1.54, 1.807) is 0 Å². The molecular formula is C4HN4NaZn. The van der Waals surface area contributed by atoms with Crippen molar-refractivity contribution in [3.8, 4) is 18.7 Å². The first kappa shape index (κ1) is 12.3. The first-order chi connectivity index (χ1) is 4.24. The quantitative estimate of drug-likeness (QED) is 0.481. The molecule has 0 N–H and O–H groups in total. The molecule has 0 spiro atoms. The molecule has 0 radical (unpaired) electrons. The van der Waals surface area contributed by atoms with Crippen molar-refractivity contribution in [2.45, 2.75) is 0 Å². The van der Waals surface area contributed by atoms with Gasteiger partial charge in [-0.25, -0.2) is 0 Å². The predicted molar refractivity (Wildman–Crippen MR) is 29.6 cm³/mol. The molecule has 0 rings (SSSR count). The molecule has 0 aliphatic rings. The summed E-state index contributed by atoms with van der Waals surface area (Å²) in [6.45, 7) is 0. The van der Waals surface area contributed by atoms with Gasteiger partial charge in [-0.15, -0.1) is 0 Å². The molecule has 0 bridgehead atoms. The van der Waals surface area contributed by atoms with Gasteiger partial charge in [0.05, 0.1) is 0 Å². The van der Waals surface area contributed by atoms with Gasteiger partial charge in [0.25, 0.3) is 0 Å². The molecule has 0 aliphatic heterocycles.